The molecule has 2 heteroatoms. The number of hydrogen-bond acceptors (Lipinski definition) is 2. The van der Waals surface area contributed by atoms with Gasteiger partial charge in [0.25, 0.3) is 0 Å². The summed E-state index contributed by atoms with van der Waals surface area (Å²) in [6, 6.07) is 10.4. The van der Waals surface area contributed by atoms with E-state index < -0.39 is 5.60 Å². The van der Waals surface area contributed by atoms with Crippen molar-refractivity contribution in [1.29, 1.82) is 0 Å². The lowest BCUT2D eigenvalue weighted by Crippen LogP contribution is -2.24. The van der Waals surface area contributed by atoms with Crippen molar-refractivity contribution in [3.63, 3.8) is 0 Å². The Labute approximate surface area is 114 Å². The fourth-order valence-electron chi connectivity index (χ4n) is 2.92. The first-order valence-electron chi connectivity index (χ1n) is 6.89. The first-order chi connectivity index (χ1) is 9.15. The lowest BCUT2D eigenvalue weighted by Gasteiger charge is -2.24. The van der Waals surface area contributed by atoms with E-state index in [0.29, 0.717) is 6.42 Å². The van der Waals surface area contributed by atoms with Gasteiger partial charge in [-0.2, -0.15) is 0 Å². The summed E-state index contributed by atoms with van der Waals surface area (Å²) < 4.78 is 0. The van der Waals surface area contributed by atoms with Crippen LogP contribution in [-0.4, -0.2) is 10.1 Å². The van der Waals surface area contributed by atoms with Crippen molar-refractivity contribution in [3.05, 3.63) is 65.0 Å². The van der Waals surface area contributed by atoms with E-state index in [4.69, 9.17) is 0 Å². The van der Waals surface area contributed by atoms with E-state index in [1.807, 2.05) is 19.1 Å². The molecule has 0 fully saturated rings. The number of benzene rings is 1. The van der Waals surface area contributed by atoms with Crippen molar-refractivity contribution >= 4 is 0 Å². The first-order valence-corrected chi connectivity index (χ1v) is 6.89. The molecule has 1 atom stereocenters. The number of rotatable bonds is 3. The molecular formula is C17H19NO. The molecular weight excluding hydrogens is 234 g/mol. The molecule has 0 saturated heterocycles. The monoisotopic (exact) mass is 253 g/mol. The lowest BCUT2D eigenvalue weighted by atomic mass is 9.89. The smallest absolute Gasteiger partial charge is 0.0923 e. The quantitative estimate of drug-likeness (QED) is 0.912. The molecule has 1 N–H and O–H groups in total. The first kappa shape index (κ1) is 12.4. The molecule has 0 aliphatic heterocycles. The molecule has 98 valence electrons. The number of nitrogens with zero attached hydrogens (tertiary/aromatic N) is 1. The standard InChI is InChI=1S/C17H19NO/c1-17(19,16-6-3-9-18-12-16)11-13-7-8-14-4-2-5-15(14)10-13/h3,6-10,12,19H,2,4-5,11H2,1H3. The molecule has 19 heavy (non-hydrogen) atoms. The second-order valence-electron chi connectivity index (χ2n) is 5.65. The fourth-order valence-corrected chi connectivity index (χ4v) is 2.92. The summed E-state index contributed by atoms with van der Waals surface area (Å²) in [7, 11) is 0. The van der Waals surface area contributed by atoms with E-state index >= 15 is 0 Å². The highest BCUT2D eigenvalue weighted by atomic mass is 16.3. The van der Waals surface area contributed by atoms with Crippen LogP contribution in [0.5, 0.6) is 0 Å². The van der Waals surface area contributed by atoms with Crippen molar-refractivity contribution in [3.8, 4) is 0 Å². The van der Waals surface area contributed by atoms with Crippen LogP contribution in [-0.2, 0) is 24.9 Å². The van der Waals surface area contributed by atoms with Crippen LogP contribution < -0.4 is 0 Å². The largest absolute Gasteiger partial charge is 0.385 e. The third-order valence-electron chi connectivity index (χ3n) is 3.99. The maximum Gasteiger partial charge on any atom is 0.0923 e. The Bertz CT molecular complexity index is 575. The van der Waals surface area contributed by atoms with E-state index in [0.717, 1.165) is 5.56 Å². The second kappa shape index (κ2) is 4.78. The van der Waals surface area contributed by atoms with Crippen LogP contribution >= 0.6 is 0 Å². The molecule has 1 aromatic heterocycles. The zero-order chi connectivity index (χ0) is 13.3. The number of fused-ring (bicyclic) bond motifs is 1. The van der Waals surface area contributed by atoms with Gasteiger partial charge in [-0.1, -0.05) is 24.3 Å². The Morgan fingerprint density at radius 2 is 2.05 bits per heavy atom. The van der Waals surface area contributed by atoms with Gasteiger partial charge in [0.2, 0.25) is 0 Å². The molecule has 0 radical (unpaired) electrons. The molecule has 0 saturated carbocycles. The minimum atomic E-state index is -0.860. The van der Waals surface area contributed by atoms with Crippen LogP contribution in [0.1, 0.15) is 35.6 Å². The Morgan fingerprint density at radius 1 is 1.21 bits per heavy atom. The highest BCUT2D eigenvalue weighted by Gasteiger charge is 2.24. The second-order valence-corrected chi connectivity index (χ2v) is 5.65. The minimum Gasteiger partial charge on any atom is -0.385 e. The average Bonchev–Trinajstić information content (AvgIpc) is 2.87. The van der Waals surface area contributed by atoms with Gasteiger partial charge in [0.15, 0.2) is 0 Å². The summed E-state index contributed by atoms with van der Waals surface area (Å²) in [6.07, 6.45) is 7.75. The van der Waals surface area contributed by atoms with Gasteiger partial charge in [-0.3, -0.25) is 4.98 Å². The Balaban J connectivity index is 1.85. The predicted molar refractivity (Wildman–Crippen MR) is 76.0 cm³/mol. The van der Waals surface area contributed by atoms with E-state index in [1.165, 1.54) is 36.0 Å². The summed E-state index contributed by atoms with van der Waals surface area (Å²) in [5.41, 5.74) is 4.15. The maximum absolute atomic E-state index is 10.6. The van der Waals surface area contributed by atoms with Gasteiger partial charge < -0.3 is 5.11 Å². The predicted octanol–water partition coefficient (Wildman–Crippen LogP) is 3.02. The van der Waals surface area contributed by atoms with Gasteiger partial charge in [0.1, 0.15) is 0 Å². The lowest BCUT2D eigenvalue weighted by molar-refractivity contribution is 0.0572. The summed E-state index contributed by atoms with van der Waals surface area (Å²) in [4.78, 5) is 4.09. The number of hydrogen-bond donors (Lipinski definition) is 1. The van der Waals surface area contributed by atoms with Crippen molar-refractivity contribution < 1.29 is 5.11 Å². The van der Waals surface area contributed by atoms with Crippen LogP contribution in [0.3, 0.4) is 0 Å². The maximum atomic E-state index is 10.6. The molecule has 1 heterocycles. The van der Waals surface area contributed by atoms with Crippen LogP contribution in [0.25, 0.3) is 0 Å². The van der Waals surface area contributed by atoms with Gasteiger partial charge in [-0.25, -0.2) is 0 Å². The topological polar surface area (TPSA) is 33.1 Å². The Morgan fingerprint density at radius 3 is 2.84 bits per heavy atom. The van der Waals surface area contributed by atoms with Crippen LogP contribution in [0.15, 0.2) is 42.7 Å². The SMILES string of the molecule is CC(O)(Cc1ccc2c(c1)CCC2)c1cccnc1. The Hall–Kier alpha value is -1.67. The van der Waals surface area contributed by atoms with Crippen LogP contribution in [0, 0.1) is 0 Å². The highest BCUT2D eigenvalue weighted by molar-refractivity contribution is 5.36. The molecule has 2 nitrogen and oxygen atoms in total. The summed E-state index contributed by atoms with van der Waals surface area (Å²) in [5, 5.41) is 10.6. The number of aliphatic hydroxyl groups is 1. The molecule has 1 aromatic carbocycles. The molecule has 1 aliphatic rings. The van der Waals surface area contributed by atoms with Crippen molar-refractivity contribution in [1.82, 2.24) is 4.98 Å². The summed E-state index contributed by atoms with van der Waals surface area (Å²) in [5.74, 6) is 0. The molecule has 1 unspecified atom stereocenters. The molecule has 0 spiro atoms. The summed E-state index contributed by atoms with van der Waals surface area (Å²) >= 11 is 0. The van der Waals surface area contributed by atoms with E-state index in [2.05, 4.69) is 23.2 Å². The van der Waals surface area contributed by atoms with Gasteiger partial charge in [-0.05, 0) is 48.9 Å². The molecule has 0 bridgehead atoms. The van der Waals surface area contributed by atoms with Crippen molar-refractivity contribution in [2.75, 3.05) is 0 Å². The number of pyridine rings is 1. The van der Waals surface area contributed by atoms with Gasteiger partial charge in [-0.15, -0.1) is 0 Å². The van der Waals surface area contributed by atoms with E-state index in [1.54, 1.807) is 12.4 Å². The van der Waals surface area contributed by atoms with E-state index in [9.17, 15) is 5.11 Å². The van der Waals surface area contributed by atoms with E-state index in [-0.39, 0.29) is 0 Å². The van der Waals surface area contributed by atoms with Crippen LogP contribution in [0.2, 0.25) is 0 Å². The average molecular weight is 253 g/mol. The van der Waals surface area contributed by atoms with Crippen molar-refractivity contribution in [2.45, 2.75) is 38.2 Å². The normalized spacial score (nSPS) is 16.9. The molecule has 0 amide bonds. The van der Waals surface area contributed by atoms with Crippen molar-refractivity contribution in [2.24, 2.45) is 0 Å². The summed E-state index contributed by atoms with van der Waals surface area (Å²) in [6.45, 7) is 1.86. The molecule has 1 aliphatic carbocycles. The molecule has 2 aromatic rings. The Kier molecular flexibility index (Phi) is 3.11. The van der Waals surface area contributed by atoms with Crippen LogP contribution in [0.4, 0.5) is 0 Å². The number of aromatic nitrogens is 1. The van der Waals surface area contributed by atoms with Gasteiger partial charge in [0.05, 0.1) is 5.60 Å². The van der Waals surface area contributed by atoms with Gasteiger partial charge >= 0.3 is 0 Å². The molecule has 3 rings (SSSR count). The fraction of sp³-hybridized carbons (Fsp3) is 0.353. The minimum absolute atomic E-state index is 0.631. The zero-order valence-electron chi connectivity index (χ0n) is 11.3. The number of aryl methyl sites for hydroxylation is 2. The third kappa shape index (κ3) is 2.54. The highest BCUT2D eigenvalue weighted by Crippen LogP contribution is 2.28. The third-order valence-corrected chi connectivity index (χ3v) is 3.99. The van der Waals surface area contributed by atoms with Gasteiger partial charge in [0, 0.05) is 24.4 Å². The zero-order valence-corrected chi connectivity index (χ0v) is 11.3.